The molecule has 0 radical (unpaired) electrons. The Morgan fingerprint density at radius 3 is 2.11 bits per heavy atom. The Balaban J connectivity index is 1.82. The number of carbonyl (C=O) groups excluding carboxylic acids is 1. The number of aromatic nitrogens is 2. The normalized spacial score (nSPS) is 11.7. The van der Waals surface area contributed by atoms with Crippen LogP contribution >= 0.6 is 0 Å². The van der Waals surface area contributed by atoms with Gasteiger partial charge in [0, 0.05) is 22.2 Å². The highest BCUT2D eigenvalue weighted by Crippen LogP contribution is 2.31. The number of hydrogen-bond acceptors (Lipinski definition) is 5. The van der Waals surface area contributed by atoms with Gasteiger partial charge in [0.2, 0.25) is 0 Å². The molecule has 0 aliphatic rings. The molecule has 1 amide bonds. The van der Waals surface area contributed by atoms with Crippen molar-refractivity contribution in [1.29, 1.82) is 0 Å². The maximum absolute atomic E-state index is 12.6. The molecule has 0 aliphatic carbocycles. The Hall–Kier alpha value is -3.41. The predicted molar refractivity (Wildman–Crippen MR) is 107 cm³/mol. The number of furan rings is 2. The lowest BCUT2D eigenvalue weighted by Gasteiger charge is -2.24. The molecule has 0 fully saturated rings. The lowest BCUT2D eigenvalue weighted by Crippen LogP contribution is -2.42. The van der Waals surface area contributed by atoms with Crippen molar-refractivity contribution in [2.45, 2.75) is 32.7 Å². The van der Waals surface area contributed by atoms with E-state index in [1.165, 1.54) is 0 Å². The SMILES string of the molecule is CCC(C)(C)NC(=O)c1ccc2nc(-c3ccoc3)c(-c3ccoc3)nc2c1. The molecular formula is C22H21N3O3. The molecule has 0 unspecified atom stereocenters. The maximum atomic E-state index is 12.6. The lowest BCUT2D eigenvalue weighted by atomic mass is 10.0. The van der Waals surface area contributed by atoms with Crippen molar-refractivity contribution in [3.8, 4) is 22.5 Å². The molecular weight excluding hydrogens is 354 g/mol. The Kier molecular flexibility index (Phi) is 4.47. The highest BCUT2D eigenvalue weighted by molar-refractivity contribution is 5.98. The minimum atomic E-state index is -0.273. The molecule has 0 bridgehead atoms. The van der Waals surface area contributed by atoms with Crippen LogP contribution in [-0.4, -0.2) is 21.4 Å². The fraction of sp³-hybridized carbons (Fsp3) is 0.227. The third kappa shape index (κ3) is 3.41. The molecule has 0 atom stereocenters. The first-order valence-corrected chi connectivity index (χ1v) is 9.16. The van der Waals surface area contributed by atoms with E-state index in [9.17, 15) is 4.79 Å². The molecule has 4 aromatic rings. The highest BCUT2D eigenvalue weighted by atomic mass is 16.3. The fourth-order valence-electron chi connectivity index (χ4n) is 2.86. The second-order valence-electron chi connectivity index (χ2n) is 7.34. The molecule has 1 aromatic carbocycles. The van der Waals surface area contributed by atoms with Gasteiger partial charge in [-0.15, -0.1) is 0 Å². The summed E-state index contributed by atoms with van der Waals surface area (Å²) in [5.74, 6) is -0.126. The van der Waals surface area contributed by atoms with Crippen molar-refractivity contribution < 1.29 is 13.6 Å². The summed E-state index contributed by atoms with van der Waals surface area (Å²) < 4.78 is 10.4. The van der Waals surface area contributed by atoms with E-state index in [1.807, 2.05) is 39.0 Å². The summed E-state index contributed by atoms with van der Waals surface area (Å²) in [5, 5.41) is 3.05. The van der Waals surface area contributed by atoms with Gasteiger partial charge < -0.3 is 14.2 Å². The van der Waals surface area contributed by atoms with Crippen LogP contribution in [0.5, 0.6) is 0 Å². The zero-order valence-electron chi connectivity index (χ0n) is 16.0. The van der Waals surface area contributed by atoms with Gasteiger partial charge >= 0.3 is 0 Å². The predicted octanol–water partition coefficient (Wildman–Crippen LogP) is 5.07. The Bertz CT molecular complexity index is 1110. The van der Waals surface area contributed by atoms with E-state index < -0.39 is 0 Å². The van der Waals surface area contributed by atoms with Gasteiger partial charge in [-0.25, -0.2) is 9.97 Å². The fourth-order valence-corrected chi connectivity index (χ4v) is 2.86. The van der Waals surface area contributed by atoms with Gasteiger partial charge in [0.05, 0.1) is 36.1 Å². The summed E-state index contributed by atoms with van der Waals surface area (Å²) >= 11 is 0. The van der Waals surface area contributed by atoms with Crippen LogP contribution in [0.2, 0.25) is 0 Å². The number of hydrogen-bond donors (Lipinski definition) is 1. The van der Waals surface area contributed by atoms with E-state index in [4.69, 9.17) is 18.8 Å². The van der Waals surface area contributed by atoms with E-state index in [2.05, 4.69) is 5.32 Å². The van der Waals surface area contributed by atoms with Crippen LogP contribution in [0.25, 0.3) is 33.5 Å². The van der Waals surface area contributed by atoms with Crippen LogP contribution in [0.3, 0.4) is 0 Å². The minimum absolute atomic E-state index is 0.126. The largest absolute Gasteiger partial charge is 0.472 e. The van der Waals surface area contributed by atoms with Gasteiger partial charge in [-0.3, -0.25) is 4.79 Å². The first kappa shape index (κ1) is 18.0. The standard InChI is InChI=1S/C22H21N3O3/c1-4-22(2,3)25-21(26)14-5-6-17-18(11-14)24-20(16-8-10-28-13-16)19(23-17)15-7-9-27-12-15/h5-13H,4H2,1-3H3,(H,25,26). The summed E-state index contributed by atoms with van der Waals surface area (Å²) in [6, 6.07) is 9.04. The Morgan fingerprint density at radius 1 is 0.964 bits per heavy atom. The minimum Gasteiger partial charge on any atom is -0.472 e. The quantitative estimate of drug-likeness (QED) is 0.527. The van der Waals surface area contributed by atoms with Crippen LogP contribution in [0, 0.1) is 0 Å². The lowest BCUT2D eigenvalue weighted by molar-refractivity contribution is 0.0911. The molecule has 142 valence electrons. The van der Waals surface area contributed by atoms with Crippen LogP contribution < -0.4 is 5.32 Å². The monoisotopic (exact) mass is 375 g/mol. The van der Waals surface area contributed by atoms with Crippen LogP contribution in [0.15, 0.2) is 64.2 Å². The zero-order chi connectivity index (χ0) is 19.7. The highest BCUT2D eigenvalue weighted by Gasteiger charge is 2.20. The molecule has 4 rings (SSSR count). The Morgan fingerprint density at radius 2 is 1.57 bits per heavy atom. The molecule has 0 aliphatic heterocycles. The number of nitrogens with zero attached hydrogens (tertiary/aromatic N) is 2. The number of rotatable bonds is 5. The van der Waals surface area contributed by atoms with Crippen LogP contribution in [-0.2, 0) is 0 Å². The van der Waals surface area contributed by atoms with E-state index in [1.54, 1.807) is 37.2 Å². The van der Waals surface area contributed by atoms with E-state index in [0.29, 0.717) is 28.0 Å². The van der Waals surface area contributed by atoms with Crippen molar-refractivity contribution in [1.82, 2.24) is 15.3 Å². The summed E-state index contributed by atoms with van der Waals surface area (Å²) in [6.07, 6.45) is 7.29. The second kappa shape index (κ2) is 6.96. The topological polar surface area (TPSA) is 81.2 Å². The smallest absolute Gasteiger partial charge is 0.251 e. The molecule has 1 N–H and O–H groups in total. The summed E-state index contributed by atoms with van der Waals surface area (Å²) in [6.45, 7) is 6.04. The van der Waals surface area contributed by atoms with Crippen molar-refractivity contribution in [2.24, 2.45) is 0 Å². The van der Waals surface area contributed by atoms with Gasteiger partial charge in [0.15, 0.2) is 0 Å². The number of benzene rings is 1. The maximum Gasteiger partial charge on any atom is 0.251 e. The average Bonchev–Trinajstić information content (AvgIpc) is 3.40. The number of fused-ring (bicyclic) bond motifs is 1. The van der Waals surface area contributed by atoms with Crippen LogP contribution in [0.1, 0.15) is 37.6 Å². The third-order valence-corrected chi connectivity index (χ3v) is 4.85. The Labute approximate surface area is 162 Å². The molecule has 6 heteroatoms. The summed E-state index contributed by atoms with van der Waals surface area (Å²) in [5.41, 5.74) is 4.65. The third-order valence-electron chi connectivity index (χ3n) is 4.85. The van der Waals surface area contributed by atoms with Crippen LogP contribution in [0.4, 0.5) is 0 Å². The van der Waals surface area contributed by atoms with Crippen molar-refractivity contribution in [3.63, 3.8) is 0 Å². The molecule has 0 saturated heterocycles. The molecule has 0 saturated carbocycles. The van der Waals surface area contributed by atoms with Crippen molar-refractivity contribution in [3.05, 3.63) is 60.9 Å². The number of amides is 1. The number of carbonyl (C=O) groups is 1. The summed E-state index contributed by atoms with van der Waals surface area (Å²) in [7, 11) is 0. The first-order chi connectivity index (χ1) is 13.5. The second-order valence-corrected chi connectivity index (χ2v) is 7.34. The van der Waals surface area contributed by atoms with Gasteiger partial charge in [-0.2, -0.15) is 0 Å². The van der Waals surface area contributed by atoms with E-state index in [-0.39, 0.29) is 11.4 Å². The van der Waals surface area contributed by atoms with Crippen molar-refractivity contribution in [2.75, 3.05) is 0 Å². The van der Waals surface area contributed by atoms with Gasteiger partial charge in [-0.05, 0) is 50.6 Å². The zero-order valence-corrected chi connectivity index (χ0v) is 16.0. The van der Waals surface area contributed by atoms with Gasteiger partial charge in [-0.1, -0.05) is 6.92 Å². The summed E-state index contributed by atoms with van der Waals surface area (Å²) in [4.78, 5) is 22.2. The molecule has 28 heavy (non-hydrogen) atoms. The van der Waals surface area contributed by atoms with Gasteiger partial charge in [0.1, 0.15) is 11.4 Å². The van der Waals surface area contributed by atoms with E-state index in [0.717, 1.165) is 17.5 Å². The first-order valence-electron chi connectivity index (χ1n) is 9.16. The van der Waals surface area contributed by atoms with E-state index >= 15 is 0 Å². The van der Waals surface area contributed by atoms with Gasteiger partial charge in [0.25, 0.3) is 5.91 Å². The number of nitrogens with one attached hydrogen (secondary N) is 1. The van der Waals surface area contributed by atoms with Crippen molar-refractivity contribution >= 4 is 16.9 Å². The molecule has 6 nitrogen and oxygen atoms in total. The molecule has 3 heterocycles. The average molecular weight is 375 g/mol. The molecule has 0 spiro atoms. The molecule has 3 aromatic heterocycles.